The highest BCUT2D eigenvalue weighted by Crippen LogP contribution is 2.24. The second-order valence-electron chi connectivity index (χ2n) is 7.32. The largest absolute Gasteiger partial charge is 0.478 e. The van der Waals surface area contributed by atoms with Gasteiger partial charge < -0.3 is 14.3 Å². The Balaban J connectivity index is 1.41. The summed E-state index contributed by atoms with van der Waals surface area (Å²) in [5.74, 6) is -0.625. The Morgan fingerprint density at radius 1 is 0.971 bits per heavy atom. The SMILES string of the molecule is O=C(OCc1ccccc1Cl)c1cccc(-c2ccc(C=NNc3ccc(Cl)c(C(=O)O)c3)o2)c1. The van der Waals surface area contributed by atoms with Gasteiger partial charge >= 0.3 is 11.9 Å². The van der Waals surface area contributed by atoms with Crippen molar-refractivity contribution >= 4 is 47.0 Å². The summed E-state index contributed by atoms with van der Waals surface area (Å²) in [5.41, 5.74) is 4.95. The first-order chi connectivity index (χ1) is 16.9. The second-order valence-corrected chi connectivity index (χ2v) is 8.13. The summed E-state index contributed by atoms with van der Waals surface area (Å²) in [4.78, 5) is 23.7. The number of nitrogens with one attached hydrogen (secondary N) is 1. The quantitative estimate of drug-likeness (QED) is 0.155. The molecule has 0 aliphatic heterocycles. The molecule has 0 spiro atoms. The van der Waals surface area contributed by atoms with E-state index in [0.717, 1.165) is 5.56 Å². The van der Waals surface area contributed by atoms with Gasteiger partial charge in [0.05, 0.1) is 28.1 Å². The van der Waals surface area contributed by atoms with Gasteiger partial charge in [0.1, 0.15) is 18.1 Å². The Kier molecular flexibility index (Phi) is 7.50. The summed E-state index contributed by atoms with van der Waals surface area (Å²) in [7, 11) is 0. The molecule has 2 N–H and O–H groups in total. The molecule has 0 aliphatic rings. The zero-order valence-electron chi connectivity index (χ0n) is 18.1. The van der Waals surface area contributed by atoms with Gasteiger partial charge in [-0.25, -0.2) is 9.59 Å². The minimum Gasteiger partial charge on any atom is -0.478 e. The van der Waals surface area contributed by atoms with E-state index in [2.05, 4.69) is 10.5 Å². The third-order valence-corrected chi connectivity index (χ3v) is 5.61. The topological polar surface area (TPSA) is 101 Å². The van der Waals surface area contributed by atoms with Crippen LogP contribution in [0.1, 0.15) is 32.0 Å². The van der Waals surface area contributed by atoms with Crippen molar-refractivity contribution in [2.45, 2.75) is 6.61 Å². The lowest BCUT2D eigenvalue weighted by Gasteiger charge is -2.07. The van der Waals surface area contributed by atoms with Crippen LogP contribution in [0.2, 0.25) is 10.0 Å². The molecule has 0 aliphatic carbocycles. The predicted octanol–water partition coefficient (Wildman–Crippen LogP) is 6.75. The molecule has 35 heavy (non-hydrogen) atoms. The number of ether oxygens (including phenoxy) is 1. The van der Waals surface area contributed by atoms with E-state index in [0.29, 0.717) is 33.4 Å². The van der Waals surface area contributed by atoms with E-state index in [9.17, 15) is 9.59 Å². The van der Waals surface area contributed by atoms with Crippen LogP contribution in [-0.2, 0) is 11.3 Å². The molecule has 4 aromatic rings. The molecule has 0 amide bonds. The number of carbonyl (C=O) groups is 2. The lowest BCUT2D eigenvalue weighted by molar-refractivity contribution is 0.0472. The summed E-state index contributed by atoms with van der Waals surface area (Å²) in [6.45, 7) is 0.0681. The highest BCUT2D eigenvalue weighted by atomic mass is 35.5. The van der Waals surface area contributed by atoms with Crippen molar-refractivity contribution in [3.8, 4) is 11.3 Å². The van der Waals surface area contributed by atoms with Crippen LogP contribution in [-0.4, -0.2) is 23.3 Å². The summed E-state index contributed by atoms with van der Waals surface area (Å²) < 4.78 is 11.2. The van der Waals surface area contributed by atoms with Crippen molar-refractivity contribution in [2.24, 2.45) is 5.10 Å². The molecule has 0 bridgehead atoms. The molecule has 9 heteroatoms. The maximum Gasteiger partial charge on any atom is 0.338 e. The summed E-state index contributed by atoms with van der Waals surface area (Å²) >= 11 is 12.0. The van der Waals surface area contributed by atoms with Gasteiger partial charge in [-0.2, -0.15) is 5.10 Å². The number of benzene rings is 3. The number of hydrogen-bond donors (Lipinski definition) is 2. The Bertz CT molecular complexity index is 1410. The summed E-state index contributed by atoms with van der Waals surface area (Å²) in [6.07, 6.45) is 1.44. The minimum absolute atomic E-state index is 0.0302. The number of carbonyl (C=O) groups excluding carboxylic acids is 1. The number of nitrogens with zero attached hydrogens (tertiary/aromatic N) is 1. The fourth-order valence-electron chi connectivity index (χ4n) is 3.15. The molecule has 0 saturated heterocycles. The van der Waals surface area contributed by atoms with Crippen LogP contribution >= 0.6 is 23.2 Å². The Labute approximate surface area is 210 Å². The Hall–Kier alpha value is -4.07. The van der Waals surface area contributed by atoms with Crippen LogP contribution < -0.4 is 5.43 Å². The molecule has 1 heterocycles. The maximum absolute atomic E-state index is 12.5. The molecule has 4 rings (SSSR count). The smallest absolute Gasteiger partial charge is 0.338 e. The molecule has 7 nitrogen and oxygen atoms in total. The Morgan fingerprint density at radius 3 is 2.60 bits per heavy atom. The zero-order valence-corrected chi connectivity index (χ0v) is 19.6. The highest BCUT2D eigenvalue weighted by Gasteiger charge is 2.12. The number of hydrogen-bond acceptors (Lipinski definition) is 6. The van der Waals surface area contributed by atoms with Gasteiger partial charge in [-0.15, -0.1) is 0 Å². The van der Waals surface area contributed by atoms with Gasteiger partial charge in [-0.05, 0) is 48.5 Å². The predicted molar refractivity (Wildman–Crippen MR) is 134 cm³/mol. The van der Waals surface area contributed by atoms with Crippen LogP contribution in [0.3, 0.4) is 0 Å². The van der Waals surface area contributed by atoms with Gasteiger partial charge in [0, 0.05) is 16.1 Å². The van der Waals surface area contributed by atoms with Crippen LogP contribution in [0.5, 0.6) is 0 Å². The number of rotatable bonds is 8. The van der Waals surface area contributed by atoms with Gasteiger partial charge in [-0.1, -0.05) is 53.5 Å². The average molecular weight is 509 g/mol. The van der Waals surface area contributed by atoms with Crippen LogP contribution in [0.15, 0.2) is 88.4 Å². The molecular formula is C26H18Cl2N2O5. The number of carboxylic acid groups (broad SMARTS) is 1. The molecule has 0 radical (unpaired) electrons. The normalized spacial score (nSPS) is 10.9. The van der Waals surface area contributed by atoms with Crippen molar-refractivity contribution in [3.63, 3.8) is 0 Å². The zero-order chi connectivity index (χ0) is 24.8. The third kappa shape index (κ3) is 6.09. The van der Waals surface area contributed by atoms with E-state index in [1.807, 2.05) is 18.2 Å². The van der Waals surface area contributed by atoms with Crippen molar-refractivity contribution in [2.75, 3.05) is 5.43 Å². The van der Waals surface area contributed by atoms with E-state index in [-0.39, 0.29) is 17.2 Å². The molecule has 0 atom stereocenters. The Morgan fingerprint density at radius 2 is 1.80 bits per heavy atom. The third-order valence-electron chi connectivity index (χ3n) is 4.91. The first-order valence-electron chi connectivity index (χ1n) is 10.3. The number of carboxylic acids is 1. The highest BCUT2D eigenvalue weighted by molar-refractivity contribution is 6.33. The second kappa shape index (κ2) is 10.9. The fourth-order valence-corrected chi connectivity index (χ4v) is 3.54. The van der Waals surface area contributed by atoms with Crippen LogP contribution in [0.4, 0.5) is 5.69 Å². The number of aromatic carboxylic acids is 1. The maximum atomic E-state index is 12.5. The van der Waals surface area contributed by atoms with E-state index < -0.39 is 11.9 Å². The molecule has 176 valence electrons. The molecule has 3 aromatic carbocycles. The van der Waals surface area contributed by atoms with Crippen molar-refractivity contribution in [1.29, 1.82) is 0 Å². The fraction of sp³-hybridized carbons (Fsp3) is 0.0385. The first-order valence-corrected chi connectivity index (χ1v) is 11.1. The van der Waals surface area contributed by atoms with E-state index in [1.165, 1.54) is 18.3 Å². The monoisotopic (exact) mass is 508 g/mol. The van der Waals surface area contributed by atoms with E-state index in [1.54, 1.807) is 48.5 Å². The molecule has 1 aromatic heterocycles. The molecule has 0 fully saturated rings. The van der Waals surface area contributed by atoms with E-state index in [4.69, 9.17) is 37.5 Å². The van der Waals surface area contributed by atoms with Crippen molar-refractivity contribution in [3.05, 3.63) is 111 Å². The average Bonchev–Trinajstić information content (AvgIpc) is 3.33. The standard InChI is InChI=1S/C26H18Cl2N2O5/c27-22-7-2-1-4-18(22)15-34-26(33)17-6-3-5-16(12-17)24-11-9-20(35-24)14-29-30-19-8-10-23(28)21(13-19)25(31)32/h1-14,30H,15H2,(H,31,32). The summed E-state index contributed by atoms with van der Waals surface area (Å²) in [5, 5.41) is 13.9. The molecule has 0 saturated carbocycles. The van der Waals surface area contributed by atoms with Crippen molar-refractivity contribution in [1.82, 2.24) is 0 Å². The van der Waals surface area contributed by atoms with Gasteiger partial charge in [0.15, 0.2) is 0 Å². The minimum atomic E-state index is -1.13. The molecular weight excluding hydrogens is 491 g/mol. The first kappa shape index (κ1) is 24.1. The van der Waals surface area contributed by atoms with Gasteiger partial charge in [0.25, 0.3) is 0 Å². The van der Waals surface area contributed by atoms with Gasteiger partial charge in [-0.3, -0.25) is 5.43 Å². The lowest BCUT2D eigenvalue weighted by Crippen LogP contribution is -2.05. The number of hydrazone groups is 1. The lowest BCUT2D eigenvalue weighted by atomic mass is 10.1. The van der Waals surface area contributed by atoms with E-state index >= 15 is 0 Å². The molecule has 0 unspecified atom stereocenters. The number of furan rings is 1. The number of esters is 1. The van der Waals surface area contributed by atoms with Crippen LogP contribution in [0, 0.1) is 0 Å². The number of anilines is 1. The van der Waals surface area contributed by atoms with Crippen LogP contribution in [0.25, 0.3) is 11.3 Å². The summed E-state index contributed by atoms with van der Waals surface area (Å²) in [6, 6.07) is 22.0. The van der Waals surface area contributed by atoms with Gasteiger partial charge in [0.2, 0.25) is 0 Å². The van der Waals surface area contributed by atoms with Crippen molar-refractivity contribution < 1.29 is 23.8 Å². The number of halogens is 2.